The molecule has 0 saturated heterocycles. The number of unbranched alkanes of at least 4 members (excludes halogenated alkanes) is 10. The molecule has 0 aromatic heterocycles. The van der Waals surface area contributed by atoms with E-state index in [9.17, 15) is 0 Å². The Hall–Kier alpha value is -0.810. The summed E-state index contributed by atoms with van der Waals surface area (Å²) in [4.78, 5) is 8.33. The Morgan fingerprint density at radius 3 is 0.853 bits per heavy atom. The molecule has 0 aliphatic rings. The molecule has 0 aromatic carbocycles. The first-order valence-corrected chi connectivity index (χ1v) is 14.8. The number of carboxylic acid groups (broad SMARTS) is 2. The highest BCUT2D eigenvalue weighted by Gasteiger charge is 2.20. The lowest BCUT2D eigenvalue weighted by molar-refractivity contribution is -0.923. The number of hydrogen-bond acceptors (Lipinski definition) is 3. The summed E-state index contributed by atoms with van der Waals surface area (Å²) in [6.45, 7) is 29.2. The van der Waals surface area contributed by atoms with Crippen molar-refractivity contribution in [3.63, 3.8) is 0 Å². The highest BCUT2D eigenvalue weighted by atomic mass is 16.6. The largest absolute Gasteiger partial charge is 0.652 e. The van der Waals surface area contributed by atoms with E-state index < -0.39 is 6.16 Å². The van der Waals surface area contributed by atoms with E-state index in [0.717, 1.165) is 0 Å². The predicted octanol–water partition coefficient (Wildman–Crippen LogP) is 6.00. The summed E-state index contributed by atoms with van der Waals surface area (Å²) in [5.41, 5.74) is 0. The van der Waals surface area contributed by atoms with Crippen LogP contribution in [0.5, 0.6) is 0 Å². The lowest BCUT2D eigenvalue weighted by Gasteiger charge is -2.35. The third-order valence-corrected chi connectivity index (χ3v) is 8.00. The molecular weight excluding hydrogens is 424 g/mol. The fourth-order valence-corrected chi connectivity index (χ4v) is 4.75. The average molecular weight is 489 g/mol. The van der Waals surface area contributed by atoms with Gasteiger partial charge in [0.15, 0.2) is 0 Å². The van der Waals surface area contributed by atoms with Crippen molar-refractivity contribution in [3.8, 4) is 0 Å². The first-order valence-electron chi connectivity index (χ1n) is 14.8. The van der Waals surface area contributed by atoms with Gasteiger partial charge in [-0.25, -0.2) is 0 Å². The van der Waals surface area contributed by atoms with Crippen molar-refractivity contribution in [2.45, 2.75) is 132 Å². The van der Waals surface area contributed by atoms with Gasteiger partial charge in [-0.1, -0.05) is 65.2 Å². The second kappa shape index (κ2) is 26.8. The molecule has 0 saturated carbocycles. The summed E-state index contributed by atoms with van der Waals surface area (Å²) in [6.07, 6.45) is 14.8. The fourth-order valence-electron chi connectivity index (χ4n) is 4.75. The minimum Gasteiger partial charge on any atom is -0.652 e. The highest BCUT2D eigenvalue weighted by Crippen LogP contribution is 2.12. The SMILES string of the molecule is CCCCCCCC[N+](CC)(CC)CC.CCCCCCCC[N+](CC)(CC)CC.O=C([O-])[O-]. The molecule has 0 amide bonds. The Labute approximate surface area is 215 Å². The second-order valence-electron chi connectivity index (χ2n) is 9.81. The van der Waals surface area contributed by atoms with Gasteiger partial charge in [-0.3, -0.25) is 0 Å². The number of hydrogen-bond donors (Lipinski definition) is 0. The molecule has 0 aliphatic carbocycles. The summed E-state index contributed by atoms with van der Waals surface area (Å²) in [6, 6.07) is 0. The van der Waals surface area contributed by atoms with E-state index in [2.05, 4.69) is 55.4 Å². The zero-order chi connectivity index (χ0) is 26.7. The first-order chi connectivity index (χ1) is 16.2. The fraction of sp³-hybridized carbons (Fsp3) is 0.966. The second-order valence-corrected chi connectivity index (χ2v) is 9.81. The normalized spacial score (nSPS) is 11.3. The van der Waals surface area contributed by atoms with Crippen LogP contribution in [0.25, 0.3) is 0 Å². The first kappa shape index (κ1) is 37.7. The summed E-state index contributed by atoms with van der Waals surface area (Å²) in [5.74, 6) is 0. The highest BCUT2D eigenvalue weighted by molar-refractivity contribution is 5.47. The average Bonchev–Trinajstić information content (AvgIpc) is 2.84. The van der Waals surface area contributed by atoms with Crippen molar-refractivity contribution in [1.82, 2.24) is 0 Å². The van der Waals surface area contributed by atoms with Crippen molar-refractivity contribution in [2.75, 3.05) is 52.4 Å². The molecule has 0 aliphatic heterocycles. The van der Waals surface area contributed by atoms with Crippen LogP contribution in [0.3, 0.4) is 0 Å². The standard InChI is InChI=1S/2C14H32N.CH2O3/c2*1-5-9-10-11-12-13-14-15(6-2,7-3)8-4;2-1(3)4/h2*5-14H2,1-4H3;(H2,2,3,4)/q2*+1;/p-2. The molecule has 0 spiro atoms. The molecule has 0 rings (SSSR count). The van der Waals surface area contributed by atoms with E-state index >= 15 is 0 Å². The molecule has 5 nitrogen and oxygen atoms in total. The third-order valence-electron chi connectivity index (χ3n) is 8.00. The van der Waals surface area contributed by atoms with E-state index in [1.165, 1.54) is 138 Å². The van der Waals surface area contributed by atoms with Crippen LogP contribution in [0, 0.1) is 0 Å². The van der Waals surface area contributed by atoms with Gasteiger partial charge in [0.2, 0.25) is 0 Å². The summed E-state index contributed by atoms with van der Waals surface area (Å²) >= 11 is 0. The molecule has 5 heteroatoms. The molecule has 0 heterocycles. The van der Waals surface area contributed by atoms with Crippen LogP contribution in [0.1, 0.15) is 132 Å². The van der Waals surface area contributed by atoms with Crippen molar-refractivity contribution in [2.24, 2.45) is 0 Å². The van der Waals surface area contributed by atoms with Gasteiger partial charge in [-0.15, -0.1) is 0 Å². The Morgan fingerprint density at radius 2 is 0.647 bits per heavy atom. The molecule has 0 bridgehead atoms. The molecule has 0 atom stereocenters. The zero-order valence-corrected chi connectivity index (χ0v) is 24.8. The number of nitrogens with zero attached hydrogens (tertiary/aromatic N) is 2. The van der Waals surface area contributed by atoms with Crippen LogP contribution in [0.4, 0.5) is 4.79 Å². The summed E-state index contributed by atoms with van der Waals surface area (Å²) < 4.78 is 2.65. The van der Waals surface area contributed by atoms with Crippen LogP contribution in [0.15, 0.2) is 0 Å². The van der Waals surface area contributed by atoms with Gasteiger partial charge in [0.1, 0.15) is 0 Å². The van der Waals surface area contributed by atoms with Gasteiger partial charge >= 0.3 is 0 Å². The maximum atomic E-state index is 8.33. The number of carbonyl (C=O) groups is 1. The van der Waals surface area contributed by atoms with Crippen molar-refractivity contribution in [3.05, 3.63) is 0 Å². The molecule has 0 radical (unpaired) electrons. The third kappa shape index (κ3) is 23.0. The zero-order valence-electron chi connectivity index (χ0n) is 24.8. The van der Waals surface area contributed by atoms with Gasteiger partial charge in [-0.2, -0.15) is 0 Å². The predicted molar refractivity (Wildman–Crippen MR) is 146 cm³/mol. The topological polar surface area (TPSA) is 63.2 Å². The lowest BCUT2D eigenvalue weighted by atomic mass is 10.1. The quantitative estimate of drug-likeness (QED) is 0.156. The summed E-state index contributed by atoms with van der Waals surface area (Å²) in [7, 11) is 0. The van der Waals surface area contributed by atoms with E-state index in [0.29, 0.717) is 0 Å². The maximum absolute atomic E-state index is 8.33. The van der Waals surface area contributed by atoms with Gasteiger partial charge in [0.05, 0.1) is 52.4 Å². The van der Waals surface area contributed by atoms with E-state index in [-0.39, 0.29) is 0 Å². The molecule has 0 aromatic rings. The number of carbonyl (C=O) groups excluding carboxylic acids is 1. The number of quaternary nitrogens is 2. The molecule has 0 unspecified atom stereocenters. The lowest BCUT2D eigenvalue weighted by Crippen LogP contribution is -2.48. The van der Waals surface area contributed by atoms with Crippen molar-refractivity contribution < 1.29 is 24.0 Å². The molecule has 208 valence electrons. The van der Waals surface area contributed by atoms with Crippen molar-refractivity contribution >= 4 is 6.16 Å². The molecule has 0 N–H and O–H groups in total. The van der Waals surface area contributed by atoms with Gasteiger partial charge in [-0.05, 0) is 73.4 Å². The summed E-state index contributed by atoms with van der Waals surface area (Å²) in [5, 5.41) is 16.7. The van der Waals surface area contributed by atoms with E-state index in [1.807, 2.05) is 0 Å². The van der Waals surface area contributed by atoms with Gasteiger partial charge in [0.25, 0.3) is 0 Å². The molecular formula is C29H64N2O3. The Balaban J connectivity index is -0.000000488. The van der Waals surface area contributed by atoms with Crippen LogP contribution >= 0.6 is 0 Å². The van der Waals surface area contributed by atoms with E-state index in [1.54, 1.807) is 0 Å². The van der Waals surface area contributed by atoms with Gasteiger partial charge < -0.3 is 24.0 Å². The minimum absolute atomic E-state index is 1.31. The Morgan fingerprint density at radius 1 is 0.441 bits per heavy atom. The van der Waals surface area contributed by atoms with Gasteiger partial charge in [0, 0.05) is 0 Å². The van der Waals surface area contributed by atoms with Crippen LogP contribution in [-0.4, -0.2) is 67.5 Å². The van der Waals surface area contributed by atoms with E-state index in [4.69, 9.17) is 15.0 Å². The van der Waals surface area contributed by atoms with Crippen LogP contribution < -0.4 is 10.2 Å². The molecule has 34 heavy (non-hydrogen) atoms. The minimum atomic E-state index is -2.33. The Kier molecular flexibility index (Phi) is 29.7. The Bertz CT molecular complexity index is 356. The van der Waals surface area contributed by atoms with Crippen molar-refractivity contribution in [1.29, 1.82) is 0 Å². The van der Waals surface area contributed by atoms with Crippen LogP contribution in [0.2, 0.25) is 0 Å². The monoisotopic (exact) mass is 488 g/mol. The molecule has 0 fully saturated rings. The maximum Gasteiger partial charge on any atom is 0.0786 e. The smallest absolute Gasteiger partial charge is 0.0786 e. The van der Waals surface area contributed by atoms with Crippen LogP contribution in [-0.2, 0) is 0 Å². The number of rotatable bonds is 20.